The van der Waals surface area contributed by atoms with Gasteiger partial charge in [0.1, 0.15) is 12.2 Å². The molecule has 0 spiro atoms. The van der Waals surface area contributed by atoms with Crippen LogP contribution < -0.4 is 0 Å². The Morgan fingerprint density at radius 2 is 2.12 bits per heavy atom. The Bertz CT molecular complexity index is 386. The number of carbonyl (C=O) groups excluding carboxylic acids is 1. The molecule has 0 atom stereocenters. The third-order valence-corrected chi connectivity index (χ3v) is 1.72. The summed E-state index contributed by atoms with van der Waals surface area (Å²) in [5.41, 5.74) is -2.89. The number of nitrogens with one attached hydrogen (secondary N) is 1. The van der Waals surface area contributed by atoms with Crippen LogP contribution in [-0.2, 0) is 17.6 Å². The van der Waals surface area contributed by atoms with Gasteiger partial charge in [0.15, 0.2) is 5.69 Å². The summed E-state index contributed by atoms with van der Waals surface area (Å²) in [6, 6.07) is 0. The lowest BCUT2D eigenvalue weighted by Gasteiger charge is -2.06. The number of ether oxygens (including phenoxy) is 1. The Morgan fingerprint density at radius 3 is 2.56 bits per heavy atom. The minimum absolute atomic E-state index is 0.104. The van der Waals surface area contributed by atoms with E-state index in [1.807, 2.05) is 5.10 Å². The molecule has 4 nitrogen and oxygen atoms in total. The van der Waals surface area contributed by atoms with Gasteiger partial charge in [-0.3, -0.25) is 5.10 Å². The molecule has 16 heavy (non-hydrogen) atoms. The van der Waals surface area contributed by atoms with Crippen LogP contribution in [0.25, 0.3) is 0 Å². The van der Waals surface area contributed by atoms with Gasteiger partial charge in [-0.1, -0.05) is 0 Å². The highest BCUT2D eigenvalue weighted by Gasteiger charge is 2.40. The highest BCUT2D eigenvalue weighted by molar-refractivity contribution is 5.92. The van der Waals surface area contributed by atoms with Crippen molar-refractivity contribution >= 4 is 5.97 Å². The van der Waals surface area contributed by atoms with Crippen LogP contribution in [0.15, 0.2) is 0 Å². The largest absolute Gasteiger partial charge is 0.462 e. The van der Waals surface area contributed by atoms with E-state index >= 15 is 0 Å². The Balaban J connectivity index is 3.21. The second-order valence-electron chi connectivity index (χ2n) is 2.78. The van der Waals surface area contributed by atoms with Crippen molar-refractivity contribution in [2.75, 3.05) is 6.61 Å². The number of carbonyl (C=O) groups is 1. The van der Waals surface area contributed by atoms with Crippen molar-refractivity contribution in [3.8, 4) is 0 Å². The standard InChI is InChI=1S/C8H8F4N2O2/c1-2-16-7(15)5-4(3-9)13-14-6(5)8(10,11)12/h2-3H2,1H3,(H,13,14). The van der Waals surface area contributed by atoms with Crippen molar-refractivity contribution in [2.45, 2.75) is 19.8 Å². The Kier molecular flexibility index (Phi) is 3.51. The number of alkyl halides is 4. The lowest BCUT2D eigenvalue weighted by Crippen LogP contribution is -2.15. The normalized spacial score (nSPS) is 11.6. The number of aromatic nitrogens is 2. The van der Waals surface area contributed by atoms with Gasteiger partial charge in [-0.25, -0.2) is 9.18 Å². The molecular weight excluding hydrogens is 232 g/mol. The fourth-order valence-electron chi connectivity index (χ4n) is 1.10. The molecule has 1 aromatic heterocycles. The molecule has 1 N–H and O–H groups in total. The molecule has 0 radical (unpaired) electrons. The fraction of sp³-hybridized carbons (Fsp3) is 0.500. The molecule has 8 heteroatoms. The minimum atomic E-state index is -4.83. The molecule has 0 aliphatic heterocycles. The molecule has 1 aromatic rings. The second kappa shape index (κ2) is 4.50. The summed E-state index contributed by atoms with van der Waals surface area (Å²) >= 11 is 0. The van der Waals surface area contributed by atoms with Crippen LogP contribution in [0.1, 0.15) is 28.7 Å². The Labute approximate surface area is 87.6 Å². The van der Waals surface area contributed by atoms with Crippen molar-refractivity contribution in [1.82, 2.24) is 10.2 Å². The van der Waals surface area contributed by atoms with Gasteiger partial charge in [-0.2, -0.15) is 18.3 Å². The van der Waals surface area contributed by atoms with Gasteiger partial charge in [0, 0.05) is 0 Å². The maximum Gasteiger partial charge on any atom is 0.436 e. The maximum absolute atomic E-state index is 12.4. The summed E-state index contributed by atoms with van der Waals surface area (Å²) < 4.78 is 53.9. The average molecular weight is 240 g/mol. The number of rotatable bonds is 3. The number of nitrogens with zero attached hydrogens (tertiary/aromatic N) is 1. The first-order valence-electron chi connectivity index (χ1n) is 4.29. The number of esters is 1. The molecule has 0 saturated carbocycles. The monoisotopic (exact) mass is 240 g/mol. The molecule has 0 unspecified atom stereocenters. The first-order valence-corrected chi connectivity index (χ1v) is 4.29. The van der Waals surface area contributed by atoms with E-state index in [0.717, 1.165) is 0 Å². The van der Waals surface area contributed by atoms with E-state index in [2.05, 4.69) is 9.84 Å². The molecule has 0 amide bonds. The summed E-state index contributed by atoms with van der Waals surface area (Å²) in [5.74, 6) is -1.24. The summed E-state index contributed by atoms with van der Waals surface area (Å²) in [7, 11) is 0. The van der Waals surface area contributed by atoms with E-state index in [1.54, 1.807) is 0 Å². The topological polar surface area (TPSA) is 55.0 Å². The minimum Gasteiger partial charge on any atom is -0.462 e. The van der Waals surface area contributed by atoms with Crippen molar-refractivity contribution in [1.29, 1.82) is 0 Å². The van der Waals surface area contributed by atoms with Crippen LogP contribution in [-0.4, -0.2) is 22.8 Å². The van der Waals surface area contributed by atoms with E-state index in [1.165, 1.54) is 6.92 Å². The highest BCUT2D eigenvalue weighted by Crippen LogP contribution is 2.32. The number of H-pyrrole nitrogens is 1. The summed E-state index contributed by atoms with van der Waals surface area (Å²) in [5, 5.41) is 4.69. The molecule has 0 bridgehead atoms. The summed E-state index contributed by atoms with van der Waals surface area (Å²) in [4.78, 5) is 11.2. The van der Waals surface area contributed by atoms with Crippen LogP contribution in [0.4, 0.5) is 17.6 Å². The van der Waals surface area contributed by atoms with Crippen LogP contribution in [0.2, 0.25) is 0 Å². The van der Waals surface area contributed by atoms with Gasteiger partial charge >= 0.3 is 12.1 Å². The number of aromatic amines is 1. The van der Waals surface area contributed by atoms with Crippen molar-refractivity contribution in [3.05, 3.63) is 17.0 Å². The van der Waals surface area contributed by atoms with Gasteiger partial charge in [0.25, 0.3) is 0 Å². The predicted octanol–water partition coefficient (Wildman–Crippen LogP) is 2.07. The molecule has 0 fully saturated rings. The third kappa shape index (κ3) is 2.31. The van der Waals surface area contributed by atoms with Crippen molar-refractivity contribution in [2.24, 2.45) is 0 Å². The van der Waals surface area contributed by atoms with Gasteiger partial charge in [0.2, 0.25) is 0 Å². The van der Waals surface area contributed by atoms with E-state index in [-0.39, 0.29) is 6.61 Å². The molecule has 90 valence electrons. The van der Waals surface area contributed by atoms with Crippen molar-refractivity contribution < 1.29 is 27.1 Å². The zero-order valence-electron chi connectivity index (χ0n) is 8.19. The van der Waals surface area contributed by atoms with E-state index < -0.39 is 35.8 Å². The van der Waals surface area contributed by atoms with Gasteiger partial charge in [-0.05, 0) is 6.92 Å². The van der Waals surface area contributed by atoms with Gasteiger partial charge in [-0.15, -0.1) is 0 Å². The zero-order chi connectivity index (χ0) is 12.3. The molecule has 0 aliphatic carbocycles. The summed E-state index contributed by atoms with van der Waals surface area (Å²) in [6.07, 6.45) is -4.83. The Hall–Kier alpha value is -1.60. The molecule has 0 saturated heterocycles. The highest BCUT2D eigenvalue weighted by atomic mass is 19.4. The molecule has 0 aromatic carbocycles. The quantitative estimate of drug-likeness (QED) is 0.650. The van der Waals surface area contributed by atoms with Gasteiger partial charge < -0.3 is 4.74 Å². The number of halogens is 4. The maximum atomic E-state index is 12.4. The van der Waals surface area contributed by atoms with E-state index in [0.29, 0.717) is 0 Å². The average Bonchev–Trinajstić information content (AvgIpc) is 2.60. The third-order valence-electron chi connectivity index (χ3n) is 1.72. The summed E-state index contributed by atoms with van der Waals surface area (Å²) in [6.45, 7) is 0.0740. The second-order valence-corrected chi connectivity index (χ2v) is 2.78. The van der Waals surface area contributed by atoms with Crippen LogP contribution in [0.5, 0.6) is 0 Å². The van der Waals surface area contributed by atoms with Gasteiger partial charge in [0.05, 0.1) is 12.3 Å². The van der Waals surface area contributed by atoms with E-state index in [4.69, 9.17) is 0 Å². The molecule has 1 rings (SSSR count). The Morgan fingerprint density at radius 1 is 1.50 bits per heavy atom. The molecular formula is C8H8F4N2O2. The first kappa shape index (κ1) is 12.5. The predicted molar refractivity (Wildman–Crippen MR) is 44.4 cm³/mol. The van der Waals surface area contributed by atoms with Crippen LogP contribution in [0, 0.1) is 0 Å². The lowest BCUT2D eigenvalue weighted by molar-refractivity contribution is -0.141. The number of hydrogen-bond acceptors (Lipinski definition) is 3. The lowest BCUT2D eigenvalue weighted by atomic mass is 10.2. The molecule has 1 heterocycles. The SMILES string of the molecule is CCOC(=O)c1c(C(F)(F)F)n[nH]c1CF. The zero-order valence-corrected chi connectivity index (χ0v) is 8.19. The van der Waals surface area contributed by atoms with Crippen LogP contribution in [0.3, 0.4) is 0 Å². The smallest absolute Gasteiger partial charge is 0.436 e. The first-order chi connectivity index (χ1) is 7.41. The van der Waals surface area contributed by atoms with Crippen LogP contribution >= 0.6 is 0 Å². The number of hydrogen-bond donors (Lipinski definition) is 1. The fourth-order valence-corrected chi connectivity index (χ4v) is 1.10. The van der Waals surface area contributed by atoms with E-state index in [9.17, 15) is 22.4 Å². The van der Waals surface area contributed by atoms with Crippen molar-refractivity contribution in [3.63, 3.8) is 0 Å². The molecule has 0 aliphatic rings.